The summed E-state index contributed by atoms with van der Waals surface area (Å²) in [7, 11) is 6.00. The van der Waals surface area contributed by atoms with Gasteiger partial charge in [0.15, 0.2) is 6.10 Å². The molecule has 2 atom stereocenters. The third kappa shape index (κ3) is 75.3. The van der Waals surface area contributed by atoms with Gasteiger partial charge in [-0.2, -0.15) is 0 Å². The quantitative estimate of drug-likeness (QED) is 0.0211. The molecular formula is C82H160NO8+. The molecular weight excluding hydrogens is 1130 g/mol. The largest absolute Gasteiger partial charge is 0.477 e. The van der Waals surface area contributed by atoms with Crippen LogP contribution < -0.4 is 0 Å². The van der Waals surface area contributed by atoms with Crippen molar-refractivity contribution in [3.05, 3.63) is 12.2 Å². The molecule has 91 heavy (non-hydrogen) atoms. The van der Waals surface area contributed by atoms with Gasteiger partial charge in [0.25, 0.3) is 6.29 Å². The highest BCUT2D eigenvalue weighted by Gasteiger charge is 2.25. The van der Waals surface area contributed by atoms with E-state index >= 15 is 0 Å². The van der Waals surface area contributed by atoms with Gasteiger partial charge in [0.05, 0.1) is 34.4 Å². The molecule has 1 N–H and O–H groups in total. The minimum absolute atomic E-state index is 0.173. The number of hydrogen-bond donors (Lipinski definition) is 1. The van der Waals surface area contributed by atoms with E-state index < -0.39 is 18.4 Å². The lowest BCUT2D eigenvalue weighted by molar-refractivity contribution is -0.870. The molecule has 0 radical (unpaired) electrons. The van der Waals surface area contributed by atoms with Gasteiger partial charge in [-0.05, 0) is 38.5 Å². The Balaban J connectivity index is 3.95. The highest BCUT2D eigenvalue weighted by molar-refractivity contribution is 5.71. The molecule has 0 spiro atoms. The Kier molecular flexibility index (Phi) is 72.2. The van der Waals surface area contributed by atoms with Crippen molar-refractivity contribution in [2.45, 2.75) is 450 Å². The third-order valence-corrected chi connectivity index (χ3v) is 19.0. The van der Waals surface area contributed by atoms with E-state index in [-0.39, 0.29) is 38.2 Å². The second kappa shape index (κ2) is 73.8. The van der Waals surface area contributed by atoms with E-state index in [2.05, 4.69) is 26.0 Å². The summed E-state index contributed by atoms with van der Waals surface area (Å²) in [6.45, 7) is 4.98. The maximum Gasteiger partial charge on any atom is 0.361 e. The summed E-state index contributed by atoms with van der Waals surface area (Å²) < 4.78 is 23.1. The summed E-state index contributed by atoms with van der Waals surface area (Å²) in [5.74, 6) is -1.96. The van der Waals surface area contributed by atoms with Gasteiger partial charge in [0, 0.05) is 12.8 Å². The van der Waals surface area contributed by atoms with E-state index in [1.165, 1.54) is 372 Å². The fraction of sp³-hybridized carbons (Fsp3) is 0.939. The van der Waals surface area contributed by atoms with E-state index in [1.54, 1.807) is 0 Å². The Bertz CT molecular complexity index is 1500. The number of allylic oxidation sites excluding steroid dienone is 2. The Morgan fingerprint density at radius 3 is 0.813 bits per heavy atom. The van der Waals surface area contributed by atoms with Gasteiger partial charge >= 0.3 is 17.9 Å². The fourth-order valence-corrected chi connectivity index (χ4v) is 12.8. The minimum Gasteiger partial charge on any atom is -0.477 e. The van der Waals surface area contributed by atoms with E-state index in [0.717, 1.165) is 38.5 Å². The van der Waals surface area contributed by atoms with Crippen molar-refractivity contribution in [2.24, 2.45) is 0 Å². The van der Waals surface area contributed by atoms with Gasteiger partial charge in [-0.15, -0.1) is 0 Å². The monoisotopic (exact) mass is 1290 g/mol. The van der Waals surface area contributed by atoms with Crippen LogP contribution in [0.2, 0.25) is 0 Å². The Morgan fingerprint density at radius 2 is 0.560 bits per heavy atom. The number of carboxylic acids is 1. The molecule has 0 fully saturated rings. The lowest BCUT2D eigenvalue weighted by Crippen LogP contribution is -2.40. The zero-order chi connectivity index (χ0) is 66.1. The molecule has 2 unspecified atom stereocenters. The lowest BCUT2D eigenvalue weighted by atomic mass is 10.0. The van der Waals surface area contributed by atoms with Crippen LogP contribution in [0.25, 0.3) is 0 Å². The van der Waals surface area contributed by atoms with Crippen molar-refractivity contribution >= 4 is 17.9 Å². The number of carbonyl (C=O) groups excluding carboxylic acids is 2. The molecule has 0 aliphatic rings. The fourth-order valence-electron chi connectivity index (χ4n) is 12.8. The molecule has 0 aliphatic carbocycles. The number of esters is 2. The number of aliphatic carboxylic acids is 1. The normalized spacial score (nSPS) is 12.6. The Labute approximate surface area is 567 Å². The molecule has 9 heteroatoms. The highest BCUT2D eigenvalue weighted by atomic mass is 16.7. The molecule has 0 bridgehead atoms. The predicted octanol–water partition coefficient (Wildman–Crippen LogP) is 25.9. The molecule has 0 saturated heterocycles. The average molecular weight is 1290 g/mol. The van der Waals surface area contributed by atoms with Crippen molar-refractivity contribution in [1.29, 1.82) is 0 Å². The SMILES string of the molecule is CCCCCCCCCC/C=C\CCCCCCCCCCCCCCCCCCCCCCCCCC(=O)OC(COC(=O)CCCCCCCCCCCCCCCCCCCCCCCCCCCCCCCCC)COC(OCC[N+](C)(C)C)C(=O)O. The van der Waals surface area contributed by atoms with Gasteiger partial charge in [-0.3, -0.25) is 9.59 Å². The summed E-state index contributed by atoms with van der Waals surface area (Å²) in [5, 5.41) is 9.77. The number of ether oxygens (including phenoxy) is 4. The van der Waals surface area contributed by atoms with Crippen molar-refractivity contribution < 1.29 is 42.9 Å². The number of carbonyl (C=O) groups is 3. The molecule has 540 valence electrons. The number of likely N-dealkylation sites (N-methyl/N-ethyl adjacent to an activating group) is 1. The maximum absolute atomic E-state index is 13.0. The van der Waals surface area contributed by atoms with Crippen LogP contribution in [-0.4, -0.2) is 87.4 Å². The van der Waals surface area contributed by atoms with Gasteiger partial charge in [-0.1, -0.05) is 398 Å². The Morgan fingerprint density at radius 1 is 0.319 bits per heavy atom. The van der Waals surface area contributed by atoms with Crippen LogP contribution >= 0.6 is 0 Å². The topological polar surface area (TPSA) is 108 Å². The van der Waals surface area contributed by atoms with Crippen molar-refractivity contribution in [2.75, 3.05) is 47.5 Å². The first-order chi connectivity index (χ1) is 44.6. The van der Waals surface area contributed by atoms with Crippen LogP contribution in [-0.2, 0) is 33.3 Å². The highest BCUT2D eigenvalue weighted by Crippen LogP contribution is 2.21. The number of hydrogen-bond acceptors (Lipinski definition) is 7. The molecule has 0 saturated carbocycles. The summed E-state index contributed by atoms with van der Waals surface area (Å²) in [6, 6.07) is 0. The molecule has 9 nitrogen and oxygen atoms in total. The van der Waals surface area contributed by atoms with Crippen LogP contribution in [0.5, 0.6) is 0 Å². The van der Waals surface area contributed by atoms with Crippen LogP contribution in [0.4, 0.5) is 0 Å². The minimum atomic E-state index is -1.51. The van der Waals surface area contributed by atoms with Crippen molar-refractivity contribution in [1.82, 2.24) is 0 Å². The molecule has 0 rings (SSSR count). The van der Waals surface area contributed by atoms with Gasteiger partial charge in [0.2, 0.25) is 0 Å². The lowest BCUT2D eigenvalue weighted by Gasteiger charge is -2.25. The van der Waals surface area contributed by atoms with Crippen molar-refractivity contribution in [3.8, 4) is 0 Å². The first kappa shape index (κ1) is 89.0. The smallest absolute Gasteiger partial charge is 0.361 e. The number of nitrogens with zero attached hydrogens (tertiary/aromatic N) is 1. The molecule has 0 aromatic heterocycles. The second-order valence-corrected chi connectivity index (χ2v) is 29.4. The van der Waals surface area contributed by atoms with E-state index in [4.69, 9.17) is 18.9 Å². The van der Waals surface area contributed by atoms with Gasteiger partial charge in [-0.25, -0.2) is 4.79 Å². The van der Waals surface area contributed by atoms with E-state index in [9.17, 15) is 19.5 Å². The summed E-state index contributed by atoms with van der Waals surface area (Å²) in [5.41, 5.74) is 0. The van der Waals surface area contributed by atoms with E-state index in [1.807, 2.05) is 21.1 Å². The van der Waals surface area contributed by atoms with Crippen molar-refractivity contribution in [3.63, 3.8) is 0 Å². The molecule has 0 aromatic rings. The summed E-state index contributed by atoms with van der Waals surface area (Å²) >= 11 is 0. The number of unbranched alkanes of at least 4 members (excludes halogenated alkanes) is 61. The zero-order valence-corrected chi connectivity index (χ0v) is 62.1. The molecule has 0 aromatic carbocycles. The third-order valence-electron chi connectivity index (χ3n) is 19.0. The first-order valence-electron chi connectivity index (χ1n) is 40.9. The number of rotatable bonds is 78. The molecule has 0 amide bonds. The van der Waals surface area contributed by atoms with Crippen LogP contribution in [0.1, 0.15) is 438 Å². The summed E-state index contributed by atoms with van der Waals surface area (Å²) in [4.78, 5) is 37.7. The van der Waals surface area contributed by atoms with Gasteiger partial charge in [0.1, 0.15) is 13.2 Å². The van der Waals surface area contributed by atoms with Crippen LogP contribution in [0.3, 0.4) is 0 Å². The average Bonchev–Trinajstić information content (AvgIpc) is 3.46. The van der Waals surface area contributed by atoms with Crippen LogP contribution in [0, 0.1) is 0 Å². The molecule has 0 heterocycles. The number of carboxylic acid groups (broad SMARTS) is 1. The second-order valence-electron chi connectivity index (χ2n) is 29.4. The van der Waals surface area contributed by atoms with E-state index in [0.29, 0.717) is 17.4 Å². The van der Waals surface area contributed by atoms with Crippen LogP contribution in [0.15, 0.2) is 12.2 Å². The zero-order valence-electron chi connectivity index (χ0n) is 62.1. The maximum atomic E-state index is 13.0. The Hall–Kier alpha value is -1.97. The van der Waals surface area contributed by atoms with Gasteiger partial charge < -0.3 is 28.5 Å². The predicted molar refractivity (Wildman–Crippen MR) is 392 cm³/mol. The number of quaternary nitrogens is 1. The standard InChI is InChI=1S/C82H159NO8/c1-6-8-10-12-14-16-18-20-22-24-26-28-30-32-34-36-38-39-40-41-43-45-47-49-51-53-55-57-59-61-63-65-67-69-71-73-80(85)91-78(77-90-82(81(86)87)88-75-74-83(3,4)5)76-89-79(84)72-70-68-66-64-62-60-58-56-54-52-50-48-46-44-42-37-35-33-31-29-27-25-23-21-19-17-15-13-11-9-7-2/h24,26,78,82H,6-23,25,27-77H2,1-5H3/p+1/b26-24-. The summed E-state index contributed by atoms with van der Waals surface area (Å²) in [6.07, 6.45) is 89.6. The first-order valence-corrected chi connectivity index (χ1v) is 40.9. The molecule has 0 aliphatic heterocycles.